The highest BCUT2D eigenvalue weighted by atomic mass is 16.5. The van der Waals surface area contributed by atoms with Crippen molar-refractivity contribution in [1.82, 2.24) is 5.32 Å². The van der Waals surface area contributed by atoms with Gasteiger partial charge in [-0.25, -0.2) is 0 Å². The summed E-state index contributed by atoms with van der Waals surface area (Å²) in [5.74, 6) is 0.981. The first-order valence-corrected chi connectivity index (χ1v) is 6.06. The third-order valence-corrected chi connectivity index (χ3v) is 2.86. The molecule has 0 spiro atoms. The largest absolute Gasteiger partial charge is 0.496 e. The van der Waals surface area contributed by atoms with Crippen LogP contribution in [0.4, 0.5) is 0 Å². The number of nitrogens with one attached hydrogen (secondary N) is 1. The summed E-state index contributed by atoms with van der Waals surface area (Å²) < 4.78 is 5.44. The average molecular weight is 237 g/mol. The Balaban J connectivity index is 2.69. The Kier molecular flexibility index (Phi) is 5.45. The summed E-state index contributed by atoms with van der Waals surface area (Å²) >= 11 is 0. The van der Waals surface area contributed by atoms with Crippen LogP contribution in [0.3, 0.4) is 0 Å². The van der Waals surface area contributed by atoms with E-state index in [2.05, 4.69) is 31.3 Å². The van der Waals surface area contributed by atoms with Gasteiger partial charge in [0.15, 0.2) is 0 Å². The molecule has 0 amide bonds. The third kappa shape index (κ3) is 4.02. The standard InChI is InChI=1S/C14H23NO2/c1-10-7-11(2)14(17-4)13(8-10)5-6-15-12(3)9-16/h7-8,12,15-16H,5-6,9H2,1-4H3. The van der Waals surface area contributed by atoms with Gasteiger partial charge in [0, 0.05) is 6.04 Å². The second-order valence-electron chi connectivity index (χ2n) is 4.56. The van der Waals surface area contributed by atoms with Gasteiger partial charge in [0.25, 0.3) is 0 Å². The van der Waals surface area contributed by atoms with Crippen LogP contribution >= 0.6 is 0 Å². The highest BCUT2D eigenvalue weighted by molar-refractivity contribution is 5.43. The summed E-state index contributed by atoms with van der Waals surface area (Å²) in [6, 6.07) is 4.44. The summed E-state index contributed by atoms with van der Waals surface area (Å²) in [6.45, 7) is 7.16. The maximum absolute atomic E-state index is 8.93. The van der Waals surface area contributed by atoms with Gasteiger partial charge in [0.05, 0.1) is 13.7 Å². The van der Waals surface area contributed by atoms with Gasteiger partial charge in [0.2, 0.25) is 0 Å². The molecule has 0 fully saturated rings. The minimum atomic E-state index is 0.145. The monoisotopic (exact) mass is 237 g/mol. The Morgan fingerprint density at radius 1 is 1.35 bits per heavy atom. The van der Waals surface area contributed by atoms with Crippen molar-refractivity contribution in [2.45, 2.75) is 33.2 Å². The van der Waals surface area contributed by atoms with E-state index < -0.39 is 0 Å². The summed E-state index contributed by atoms with van der Waals surface area (Å²) in [7, 11) is 1.71. The van der Waals surface area contributed by atoms with Crippen LogP contribution in [0.5, 0.6) is 5.75 Å². The number of benzene rings is 1. The van der Waals surface area contributed by atoms with Crippen molar-refractivity contribution in [3.63, 3.8) is 0 Å². The highest BCUT2D eigenvalue weighted by Crippen LogP contribution is 2.25. The number of ether oxygens (including phenoxy) is 1. The SMILES string of the molecule is COc1c(C)cc(C)cc1CCNC(C)CO. The van der Waals surface area contributed by atoms with Crippen molar-refractivity contribution in [3.8, 4) is 5.75 Å². The molecule has 1 unspecified atom stereocenters. The van der Waals surface area contributed by atoms with Crippen LogP contribution in [0.1, 0.15) is 23.6 Å². The average Bonchev–Trinajstić information content (AvgIpc) is 2.28. The quantitative estimate of drug-likeness (QED) is 0.793. The Bertz CT molecular complexity index is 363. The fourth-order valence-corrected chi connectivity index (χ4v) is 2.04. The Morgan fingerprint density at radius 3 is 2.65 bits per heavy atom. The zero-order valence-electron chi connectivity index (χ0n) is 11.2. The van der Waals surface area contributed by atoms with E-state index in [9.17, 15) is 0 Å². The first-order chi connectivity index (χ1) is 8.08. The Labute approximate surface area is 104 Å². The fraction of sp³-hybridized carbons (Fsp3) is 0.571. The van der Waals surface area contributed by atoms with Crippen LogP contribution in [-0.2, 0) is 6.42 Å². The van der Waals surface area contributed by atoms with E-state index in [0.717, 1.165) is 18.7 Å². The van der Waals surface area contributed by atoms with Crippen LogP contribution < -0.4 is 10.1 Å². The molecule has 0 aromatic heterocycles. The van der Waals surface area contributed by atoms with Gasteiger partial charge in [-0.05, 0) is 44.9 Å². The molecule has 96 valence electrons. The summed E-state index contributed by atoms with van der Waals surface area (Å²) in [6.07, 6.45) is 0.913. The normalized spacial score (nSPS) is 12.5. The molecule has 0 bridgehead atoms. The summed E-state index contributed by atoms with van der Waals surface area (Å²) in [4.78, 5) is 0. The molecule has 1 aromatic rings. The van der Waals surface area contributed by atoms with E-state index in [-0.39, 0.29) is 12.6 Å². The molecule has 2 N–H and O–H groups in total. The minimum absolute atomic E-state index is 0.145. The van der Waals surface area contributed by atoms with Crippen LogP contribution in [-0.4, -0.2) is 31.4 Å². The van der Waals surface area contributed by atoms with E-state index in [4.69, 9.17) is 9.84 Å². The van der Waals surface area contributed by atoms with Crippen molar-refractivity contribution in [1.29, 1.82) is 0 Å². The number of aliphatic hydroxyl groups is 1. The molecule has 1 aromatic carbocycles. The number of aryl methyl sites for hydroxylation is 2. The predicted octanol–water partition coefficient (Wildman–Crippen LogP) is 1.82. The van der Waals surface area contributed by atoms with E-state index in [1.165, 1.54) is 16.7 Å². The molecular weight excluding hydrogens is 214 g/mol. The topological polar surface area (TPSA) is 41.5 Å². The minimum Gasteiger partial charge on any atom is -0.496 e. The lowest BCUT2D eigenvalue weighted by atomic mass is 10.0. The van der Waals surface area contributed by atoms with E-state index >= 15 is 0 Å². The Hall–Kier alpha value is -1.06. The molecule has 17 heavy (non-hydrogen) atoms. The maximum atomic E-state index is 8.93. The molecule has 1 atom stereocenters. The van der Waals surface area contributed by atoms with Crippen molar-refractivity contribution in [3.05, 3.63) is 28.8 Å². The van der Waals surface area contributed by atoms with Gasteiger partial charge in [-0.3, -0.25) is 0 Å². The molecule has 0 saturated carbocycles. The number of hydrogen-bond donors (Lipinski definition) is 2. The molecule has 0 aliphatic carbocycles. The second kappa shape index (κ2) is 6.62. The van der Waals surface area contributed by atoms with Gasteiger partial charge in [-0.15, -0.1) is 0 Å². The number of aliphatic hydroxyl groups excluding tert-OH is 1. The van der Waals surface area contributed by atoms with Crippen molar-refractivity contribution in [2.75, 3.05) is 20.3 Å². The number of rotatable bonds is 6. The van der Waals surface area contributed by atoms with Gasteiger partial charge >= 0.3 is 0 Å². The molecule has 3 heteroatoms. The molecule has 0 heterocycles. The van der Waals surface area contributed by atoms with Gasteiger partial charge in [-0.2, -0.15) is 0 Å². The lowest BCUT2D eigenvalue weighted by Crippen LogP contribution is -2.31. The molecule has 0 saturated heterocycles. The van der Waals surface area contributed by atoms with Crippen molar-refractivity contribution < 1.29 is 9.84 Å². The third-order valence-electron chi connectivity index (χ3n) is 2.86. The molecule has 1 rings (SSSR count). The van der Waals surface area contributed by atoms with E-state index in [0.29, 0.717) is 0 Å². The van der Waals surface area contributed by atoms with Gasteiger partial charge in [-0.1, -0.05) is 17.7 Å². The molecular formula is C14H23NO2. The van der Waals surface area contributed by atoms with Crippen molar-refractivity contribution in [2.24, 2.45) is 0 Å². The maximum Gasteiger partial charge on any atom is 0.125 e. The lowest BCUT2D eigenvalue weighted by Gasteiger charge is -2.15. The van der Waals surface area contributed by atoms with E-state index in [1.807, 2.05) is 6.92 Å². The Morgan fingerprint density at radius 2 is 2.06 bits per heavy atom. The van der Waals surface area contributed by atoms with E-state index in [1.54, 1.807) is 7.11 Å². The zero-order valence-corrected chi connectivity index (χ0v) is 11.2. The molecule has 0 aliphatic heterocycles. The van der Waals surface area contributed by atoms with Gasteiger partial charge < -0.3 is 15.2 Å². The van der Waals surface area contributed by atoms with Crippen molar-refractivity contribution >= 4 is 0 Å². The van der Waals surface area contributed by atoms with Gasteiger partial charge in [0.1, 0.15) is 5.75 Å². The first-order valence-electron chi connectivity index (χ1n) is 6.06. The van der Waals surface area contributed by atoms with Crippen LogP contribution in [0.2, 0.25) is 0 Å². The summed E-state index contributed by atoms with van der Waals surface area (Å²) in [5.41, 5.74) is 3.66. The van der Waals surface area contributed by atoms with Crippen LogP contribution in [0.15, 0.2) is 12.1 Å². The van der Waals surface area contributed by atoms with Crippen LogP contribution in [0.25, 0.3) is 0 Å². The first kappa shape index (κ1) is 14.0. The lowest BCUT2D eigenvalue weighted by molar-refractivity contribution is 0.252. The second-order valence-corrected chi connectivity index (χ2v) is 4.56. The fourth-order valence-electron chi connectivity index (χ4n) is 2.04. The highest BCUT2D eigenvalue weighted by Gasteiger charge is 2.07. The molecule has 0 aliphatic rings. The molecule has 3 nitrogen and oxygen atoms in total. The number of hydrogen-bond acceptors (Lipinski definition) is 3. The number of methoxy groups -OCH3 is 1. The zero-order chi connectivity index (χ0) is 12.8. The molecule has 0 radical (unpaired) electrons. The summed E-state index contributed by atoms with van der Waals surface area (Å²) in [5, 5.41) is 12.2. The smallest absolute Gasteiger partial charge is 0.125 e. The predicted molar refractivity (Wildman–Crippen MR) is 70.7 cm³/mol. The van der Waals surface area contributed by atoms with Crippen LogP contribution in [0, 0.1) is 13.8 Å².